The number of aromatic nitrogens is 2. The maximum atomic E-state index is 9.27. The quantitative estimate of drug-likeness (QED) is 0.878. The third-order valence-electron chi connectivity index (χ3n) is 3.47. The van der Waals surface area contributed by atoms with Crippen molar-refractivity contribution in [1.82, 2.24) is 9.97 Å². The summed E-state index contributed by atoms with van der Waals surface area (Å²) >= 11 is 0. The molecule has 0 aliphatic carbocycles. The summed E-state index contributed by atoms with van der Waals surface area (Å²) in [6.07, 6.45) is 0.999. The van der Waals surface area contributed by atoms with Crippen LogP contribution in [0.15, 0.2) is 18.2 Å². The van der Waals surface area contributed by atoms with Gasteiger partial charge in [-0.2, -0.15) is 10.2 Å². The highest BCUT2D eigenvalue weighted by Crippen LogP contribution is 2.29. The number of nitrogens with zero attached hydrogens (tertiary/aromatic N) is 3. The Bertz CT molecular complexity index is 749. The Morgan fingerprint density at radius 3 is 2.61 bits per heavy atom. The van der Waals surface area contributed by atoms with Gasteiger partial charge in [0.1, 0.15) is 23.2 Å². The van der Waals surface area contributed by atoms with Crippen LogP contribution in [-0.2, 0) is 0 Å². The minimum atomic E-state index is 0.0476. The molecule has 0 atom stereocenters. The van der Waals surface area contributed by atoms with E-state index in [2.05, 4.69) is 23.8 Å². The largest absolute Gasteiger partial charge is 0.493 e. The molecule has 0 radical (unpaired) electrons. The van der Waals surface area contributed by atoms with Crippen LogP contribution in [0.5, 0.6) is 5.75 Å². The molecule has 6 nitrogen and oxygen atoms in total. The Balaban J connectivity index is 2.33. The number of nitriles is 1. The van der Waals surface area contributed by atoms with E-state index in [-0.39, 0.29) is 17.3 Å². The Morgan fingerprint density at radius 1 is 1.26 bits per heavy atom. The third kappa shape index (κ3) is 3.89. The minimum absolute atomic E-state index is 0.0476. The van der Waals surface area contributed by atoms with E-state index in [1.165, 1.54) is 0 Å². The smallest absolute Gasteiger partial charge is 0.222 e. The summed E-state index contributed by atoms with van der Waals surface area (Å²) in [7, 11) is 0. The van der Waals surface area contributed by atoms with Crippen LogP contribution in [0, 0.1) is 24.2 Å². The van der Waals surface area contributed by atoms with Crippen molar-refractivity contribution < 1.29 is 4.74 Å². The highest BCUT2D eigenvalue weighted by Gasteiger charge is 2.14. The van der Waals surface area contributed by atoms with Crippen LogP contribution in [0.2, 0.25) is 0 Å². The van der Waals surface area contributed by atoms with E-state index in [0.717, 1.165) is 23.3 Å². The molecule has 0 saturated heterocycles. The van der Waals surface area contributed by atoms with Gasteiger partial charge in [-0.1, -0.05) is 13.8 Å². The molecule has 0 bridgehead atoms. The van der Waals surface area contributed by atoms with Crippen LogP contribution in [0.25, 0.3) is 11.3 Å². The van der Waals surface area contributed by atoms with Crippen molar-refractivity contribution in [3.8, 4) is 23.1 Å². The molecule has 0 spiro atoms. The molecule has 0 aliphatic rings. The zero-order valence-corrected chi connectivity index (χ0v) is 13.6. The van der Waals surface area contributed by atoms with Crippen molar-refractivity contribution in [2.45, 2.75) is 27.2 Å². The van der Waals surface area contributed by atoms with E-state index in [1.807, 2.05) is 31.2 Å². The van der Waals surface area contributed by atoms with Crippen LogP contribution in [0.1, 0.15) is 31.4 Å². The predicted molar refractivity (Wildman–Crippen MR) is 90.7 cm³/mol. The second-order valence-electron chi connectivity index (χ2n) is 5.81. The van der Waals surface area contributed by atoms with Gasteiger partial charge >= 0.3 is 0 Å². The van der Waals surface area contributed by atoms with Gasteiger partial charge in [-0.05, 0) is 43.0 Å². The lowest BCUT2D eigenvalue weighted by Crippen LogP contribution is -2.05. The number of aryl methyl sites for hydroxylation is 1. The second-order valence-corrected chi connectivity index (χ2v) is 5.81. The van der Waals surface area contributed by atoms with E-state index >= 15 is 0 Å². The maximum absolute atomic E-state index is 9.27. The number of anilines is 2. The average Bonchev–Trinajstić information content (AvgIpc) is 2.47. The van der Waals surface area contributed by atoms with Gasteiger partial charge < -0.3 is 16.2 Å². The number of nitrogen functional groups attached to an aromatic ring is 2. The lowest BCUT2D eigenvalue weighted by molar-refractivity contribution is 0.288. The first-order valence-electron chi connectivity index (χ1n) is 7.49. The highest BCUT2D eigenvalue weighted by atomic mass is 16.5. The van der Waals surface area contributed by atoms with Gasteiger partial charge in [0.05, 0.1) is 12.3 Å². The fraction of sp³-hybridized carbons (Fsp3) is 0.353. The Hall–Kier alpha value is -2.81. The first kappa shape index (κ1) is 16.6. The molecule has 0 unspecified atom stereocenters. The molecule has 23 heavy (non-hydrogen) atoms. The summed E-state index contributed by atoms with van der Waals surface area (Å²) < 4.78 is 5.80. The van der Waals surface area contributed by atoms with Crippen molar-refractivity contribution in [2.75, 3.05) is 18.1 Å². The van der Waals surface area contributed by atoms with Crippen molar-refractivity contribution >= 4 is 11.8 Å². The second kappa shape index (κ2) is 6.97. The van der Waals surface area contributed by atoms with Gasteiger partial charge in [-0.25, -0.2) is 4.98 Å². The van der Waals surface area contributed by atoms with E-state index < -0.39 is 0 Å². The van der Waals surface area contributed by atoms with E-state index in [1.54, 1.807) is 0 Å². The summed E-state index contributed by atoms with van der Waals surface area (Å²) in [5.41, 5.74) is 13.8. The monoisotopic (exact) mass is 311 g/mol. The van der Waals surface area contributed by atoms with Crippen LogP contribution in [0.4, 0.5) is 11.8 Å². The van der Waals surface area contributed by atoms with Gasteiger partial charge in [0, 0.05) is 5.56 Å². The Morgan fingerprint density at radius 2 is 2.00 bits per heavy atom. The van der Waals surface area contributed by atoms with Crippen LogP contribution >= 0.6 is 0 Å². The molecule has 0 fully saturated rings. The Labute approximate surface area is 136 Å². The normalized spacial score (nSPS) is 10.6. The number of rotatable bonds is 5. The number of benzene rings is 1. The van der Waals surface area contributed by atoms with E-state index in [4.69, 9.17) is 16.2 Å². The van der Waals surface area contributed by atoms with Gasteiger partial charge in [-0.15, -0.1) is 0 Å². The summed E-state index contributed by atoms with van der Waals surface area (Å²) in [5, 5.41) is 9.27. The number of ether oxygens (including phenoxy) is 1. The molecule has 120 valence electrons. The molecule has 1 heterocycles. The summed E-state index contributed by atoms with van der Waals surface area (Å²) in [5.74, 6) is 1.55. The van der Waals surface area contributed by atoms with Crippen molar-refractivity contribution in [3.63, 3.8) is 0 Å². The summed E-state index contributed by atoms with van der Waals surface area (Å²) in [6, 6.07) is 7.67. The lowest BCUT2D eigenvalue weighted by Gasteiger charge is -2.12. The highest BCUT2D eigenvalue weighted by molar-refractivity contribution is 5.74. The summed E-state index contributed by atoms with van der Waals surface area (Å²) in [6.45, 7) is 6.95. The van der Waals surface area contributed by atoms with Crippen LogP contribution < -0.4 is 16.2 Å². The number of nitrogens with two attached hydrogens (primary N) is 2. The zero-order valence-electron chi connectivity index (χ0n) is 13.6. The van der Waals surface area contributed by atoms with Gasteiger partial charge in [-0.3, -0.25) is 0 Å². The van der Waals surface area contributed by atoms with Gasteiger partial charge in [0.25, 0.3) is 0 Å². The molecule has 6 heteroatoms. The topological polar surface area (TPSA) is 111 Å². The summed E-state index contributed by atoms with van der Waals surface area (Å²) in [4.78, 5) is 7.98. The van der Waals surface area contributed by atoms with Crippen molar-refractivity contribution in [3.05, 3.63) is 29.3 Å². The average molecular weight is 311 g/mol. The minimum Gasteiger partial charge on any atom is -0.493 e. The Kier molecular flexibility index (Phi) is 5.02. The third-order valence-corrected chi connectivity index (χ3v) is 3.47. The van der Waals surface area contributed by atoms with Gasteiger partial charge in [0.15, 0.2) is 0 Å². The lowest BCUT2D eigenvalue weighted by atomic mass is 10.0. The van der Waals surface area contributed by atoms with Gasteiger partial charge in [0.2, 0.25) is 5.95 Å². The molecule has 0 aliphatic heterocycles. The first-order valence-corrected chi connectivity index (χ1v) is 7.49. The molecule has 1 aromatic heterocycles. The maximum Gasteiger partial charge on any atom is 0.222 e. The van der Waals surface area contributed by atoms with E-state index in [0.29, 0.717) is 18.2 Å². The SMILES string of the molecule is Cc1cc(-c2nc(N)nc(N)c2C#N)ccc1OCCC(C)C. The fourth-order valence-corrected chi connectivity index (χ4v) is 2.18. The molecule has 2 aromatic rings. The molecule has 0 amide bonds. The number of hydrogen-bond acceptors (Lipinski definition) is 6. The van der Waals surface area contributed by atoms with E-state index in [9.17, 15) is 5.26 Å². The molecular weight excluding hydrogens is 290 g/mol. The van der Waals surface area contributed by atoms with Crippen molar-refractivity contribution in [2.24, 2.45) is 5.92 Å². The van der Waals surface area contributed by atoms with Crippen LogP contribution in [0.3, 0.4) is 0 Å². The molecule has 0 saturated carbocycles. The fourth-order valence-electron chi connectivity index (χ4n) is 2.18. The first-order chi connectivity index (χ1) is 10.9. The standard InChI is InChI=1S/C17H21N5O/c1-10(2)6-7-23-14-5-4-12(8-11(14)3)15-13(9-18)16(19)22-17(20)21-15/h4-5,8,10H,6-7H2,1-3H3,(H4,19,20,21,22). The zero-order chi connectivity index (χ0) is 17.0. The van der Waals surface area contributed by atoms with Crippen LogP contribution in [-0.4, -0.2) is 16.6 Å². The number of hydrogen-bond donors (Lipinski definition) is 2. The molecular formula is C17H21N5O. The molecule has 1 aromatic carbocycles. The predicted octanol–water partition coefficient (Wildman–Crippen LogP) is 2.91. The molecule has 4 N–H and O–H groups in total. The van der Waals surface area contributed by atoms with Crippen molar-refractivity contribution in [1.29, 1.82) is 5.26 Å². The molecule has 2 rings (SSSR count).